The van der Waals surface area contributed by atoms with E-state index in [0.29, 0.717) is 6.61 Å². The first-order valence-corrected chi connectivity index (χ1v) is 6.65. The van der Waals surface area contributed by atoms with Gasteiger partial charge in [-0.3, -0.25) is 4.79 Å². The summed E-state index contributed by atoms with van der Waals surface area (Å²) >= 11 is 0. The van der Waals surface area contributed by atoms with E-state index < -0.39 is 0 Å². The van der Waals surface area contributed by atoms with E-state index in [4.69, 9.17) is 4.74 Å². The van der Waals surface area contributed by atoms with Gasteiger partial charge in [0.15, 0.2) is 0 Å². The van der Waals surface area contributed by atoms with Crippen molar-refractivity contribution < 1.29 is 9.53 Å². The number of carbonyl (C=O) groups is 1. The lowest BCUT2D eigenvalue weighted by Gasteiger charge is -2.31. The number of hydrogen-bond donors (Lipinski definition) is 0. The van der Waals surface area contributed by atoms with E-state index >= 15 is 0 Å². The number of rotatable bonds is 4. The molecule has 2 heteroatoms. The lowest BCUT2D eigenvalue weighted by Crippen LogP contribution is -2.22. The summed E-state index contributed by atoms with van der Waals surface area (Å²) in [4.78, 5) is 11.3. The van der Waals surface area contributed by atoms with Gasteiger partial charge in [0.25, 0.3) is 0 Å². The molecule has 1 rings (SSSR count). The molecule has 94 valence electrons. The first-order valence-electron chi connectivity index (χ1n) is 6.65. The Kier molecular flexibility index (Phi) is 5.30. The number of ether oxygens (including phenoxy) is 1. The van der Waals surface area contributed by atoms with E-state index in [9.17, 15) is 4.79 Å². The predicted octanol–water partition coefficient (Wildman–Crippen LogP) is 3.65. The summed E-state index contributed by atoms with van der Waals surface area (Å²) in [6.45, 7) is 9.05. The molecule has 0 spiro atoms. The third kappa shape index (κ3) is 4.54. The molecule has 0 saturated heterocycles. The van der Waals surface area contributed by atoms with Crippen LogP contribution in [0.1, 0.15) is 53.4 Å². The molecule has 2 unspecified atom stereocenters. The topological polar surface area (TPSA) is 26.3 Å². The van der Waals surface area contributed by atoms with Crippen LogP contribution in [0.15, 0.2) is 0 Å². The SMILES string of the molecule is CC1CC(C)CC(CCOC(=O)C(C)C)C1. The third-order valence-electron chi connectivity index (χ3n) is 3.52. The molecule has 1 aliphatic carbocycles. The zero-order valence-electron chi connectivity index (χ0n) is 11.2. The first-order chi connectivity index (χ1) is 7.49. The molecule has 2 nitrogen and oxygen atoms in total. The first kappa shape index (κ1) is 13.5. The monoisotopic (exact) mass is 226 g/mol. The molecule has 0 aromatic carbocycles. The third-order valence-corrected chi connectivity index (χ3v) is 3.52. The maximum Gasteiger partial charge on any atom is 0.308 e. The molecular weight excluding hydrogens is 200 g/mol. The van der Waals surface area contributed by atoms with Crippen molar-refractivity contribution in [2.45, 2.75) is 53.4 Å². The Balaban J connectivity index is 2.20. The van der Waals surface area contributed by atoms with Crippen LogP contribution >= 0.6 is 0 Å². The molecular formula is C14H26O2. The van der Waals surface area contributed by atoms with Crippen LogP contribution in [0.4, 0.5) is 0 Å². The molecule has 1 aliphatic rings. The summed E-state index contributed by atoms with van der Waals surface area (Å²) in [5, 5.41) is 0. The fourth-order valence-corrected chi connectivity index (χ4v) is 2.84. The summed E-state index contributed by atoms with van der Waals surface area (Å²) < 4.78 is 5.24. The van der Waals surface area contributed by atoms with Gasteiger partial charge in [-0.2, -0.15) is 0 Å². The minimum Gasteiger partial charge on any atom is -0.465 e. The van der Waals surface area contributed by atoms with E-state index in [1.54, 1.807) is 0 Å². The Bertz CT molecular complexity index is 213. The summed E-state index contributed by atoms with van der Waals surface area (Å²) in [6, 6.07) is 0. The van der Waals surface area contributed by atoms with E-state index in [2.05, 4.69) is 13.8 Å². The molecule has 1 saturated carbocycles. The quantitative estimate of drug-likeness (QED) is 0.684. The van der Waals surface area contributed by atoms with Crippen LogP contribution in [-0.4, -0.2) is 12.6 Å². The summed E-state index contributed by atoms with van der Waals surface area (Å²) in [7, 11) is 0. The Morgan fingerprint density at radius 2 is 1.75 bits per heavy atom. The Labute approximate surface area is 99.8 Å². The number of carbonyl (C=O) groups excluding carboxylic acids is 1. The molecule has 2 atom stereocenters. The average molecular weight is 226 g/mol. The van der Waals surface area contributed by atoms with Gasteiger partial charge in [-0.05, 0) is 43.4 Å². The summed E-state index contributed by atoms with van der Waals surface area (Å²) in [5.41, 5.74) is 0. The molecule has 0 bridgehead atoms. The van der Waals surface area contributed by atoms with Crippen LogP contribution in [0, 0.1) is 23.7 Å². The van der Waals surface area contributed by atoms with Gasteiger partial charge < -0.3 is 4.74 Å². The Morgan fingerprint density at radius 3 is 2.25 bits per heavy atom. The van der Waals surface area contributed by atoms with Gasteiger partial charge in [-0.25, -0.2) is 0 Å². The van der Waals surface area contributed by atoms with Gasteiger partial charge in [0.05, 0.1) is 12.5 Å². The Morgan fingerprint density at radius 1 is 1.19 bits per heavy atom. The predicted molar refractivity (Wildman–Crippen MR) is 66.1 cm³/mol. The van der Waals surface area contributed by atoms with Crippen molar-refractivity contribution in [3.63, 3.8) is 0 Å². The van der Waals surface area contributed by atoms with Crippen molar-refractivity contribution in [3.05, 3.63) is 0 Å². The average Bonchev–Trinajstić information content (AvgIpc) is 2.15. The highest BCUT2D eigenvalue weighted by Crippen LogP contribution is 2.34. The summed E-state index contributed by atoms with van der Waals surface area (Å²) in [6.07, 6.45) is 5.03. The van der Waals surface area contributed by atoms with Crippen LogP contribution in [0.5, 0.6) is 0 Å². The van der Waals surface area contributed by atoms with Crippen LogP contribution in [0.3, 0.4) is 0 Å². The van der Waals surface area contributed by atoms with Crippen molar-refractivity contribution in [1.29, 1.82) is 0 Å². The van der Waals surface area contributed by atoms with Crippen molar-refractivity contribution in [2.75, 3.05) is 6.61 Å². The smallest absolute Gasteiger partial charge is 0.308 e. The largest absolute Gasteiger partial charge is 0.465 e. The van der Waals surface area contributed by atoms with Gasteiger partial charge in [0.1, 0.15) is 0 Å². The molecule has 0 heterocycles. The molecule has 0 aromatic heterocycles. The highest BCUT2D eigenvalue weighted by Gasteiger charge is 2.23. The van der Waals surface area contributed by atoms with Gasteiger partial charge in [0.2, 0.25) is 0 Å². The lowest BCUT2D eigenvalue weighted by molar-refractivity contribution is -0.147. The molecule has 0 amide bonds. The highest BCUT2D eigenvalue weighted by molar-refractivity contribution is 5.71. The maximum absolute atomic E-state index is 11.3. The van der Waals surface area contributed by atoms with Gasteiger partial charge in [0, 0.05) is 0 Å². The molecule has 0 N–H and O–H groups in total. The zero-order valence-corrected chi connectivity index (χ0v) is 11.2. The van der Waals surface area contributed by atoms with Crippen molar-refractivity contribution >= 4 is 5.97 Å². The second-order valence-corrected chi connectivity index (χ2v) is 5.89. The molecule has 0 radical (unpaired) electrons. The maximum atomic E-state index is 11.3. The fraction of sp³-hybridized carbons (Fsp3) is 0.929. The molecule has 1 fully saturated rings. The fourth-order valence-electron chi connectivity index (χ4n) is 2.84. The van der Waals surface area contributed by atoms with Gasteiger partial charge in [-0.1, -0.05) is 27.7 Å². The lowest BCUT2D eigenvalue weighted by atomic mass is 9.75. The zero-order chi connectivity index (χ0) is 12.1. The van der Waals surface area contributed by atoms with Crippen LogP contribution in [-0.2, 0) is 9.53 Å². The minimum atomic E-state index is -0.0584. The second-order valence-electron chi connectivity index (χ2n) is 5.89. The van der Waals surface area contributed by atoms with Gasteiger partial charge >= 0.3 is 5.97 Å². The molecule has 0 aliphatic heterocycles. The minimum absolute atomic E-state index is 0.00389. The molecule has 0 aromatic rings. The van der Waals surface area contributed by atoms with Crippen LogP contribution < -0.4 is 0 Å². The van der Waals surface area contributed by atoms with Crippen molar-refractivity contribution in [1.82, 2.24) is 0 Å². The van der Waals surface area contributed by atoms with E-state index in [1.165, 1.54) is 19.3 Å². The van der Waals surface area contributed by atoms with Crippen LogP contribution in [0.25, 0.3) is 0 Å². The molecule has 16 heavy (non-hydrogen) atoms. The second kappa shape index (κ2) is 6.27. The number of esters is 1. The normalized spacial score (nSPS) is 30.4. The highest BCUT2D eigenvalue weighted by atomic mass is 16.5. The van der Waals surface area contributed by atoms with Crippen molar-refractivity contribution in [3.8, 4) is 0 Å². The van der Waals surface area contributed by atoms with Gasteiger partial charge in [-0.15, -0.1) is 0 Å². The standard InChI is InChI=1S/C14H26O2/c1-10(2)14(15)16-6-5-13-8-11(3)7-12(4)9-13/h10-13H,5-9H2,1-4H3. The van der Waals surface area contributed by atoms with Crippen LogP contribution in [0.2, 0.25) is 0 Å². The van der Waals surface area contributed by atoms with E-state index in [0.717, 1.165) is 24.2 Å². The Hall–Kier alpha value is -0.530. The number of hydrogen-bond acceptors (Lipinski definition) is 2. The summed E-state index contributed by atoms with van der Waals surface area (Å²) in [5.74, 6) is 2.39. The van der Waals surface area contributed by atoms with Crippen molar-refractivity contribution in [2.24, 2.45) is 23.7 Å². The van der Waals surface area contributed by atoms with E-state index in [-0.39, 0.29) is 11.9 Å². The van der Waals surface area contributed by atoms with E-state index in [1.807, 2.05) is 13.8 Å².